The van der Waals surface area contributed by atoms with Gasteiger partial charge in [0.1, 0.15) is 5.02 Å². The Hall–Kier alpha value is -1.03. The zero-order valence-corrected chi connectivity index (χ0v) is 11.8. The number of halogens is 1. The Kier molecular flexibility index (Phi) is 5.48. The fourth-order valence-electron chi connectivity index (χ4n) is 1.63. The molecule has 4 nitrogen and oxygen atoms in total. The molecule has 0 atom stereocenters. The molecule has 0 aliphatic rings. The zero-order valence-electron chi connectivity index (χ0n) is 11.0. The molecule has 5 heteroatoms. The summed E-state index contributed by atoms with van der Waals surface area (Å²) in [6.45, 7) is 11.1. The molecule has 0 fully saturated rings. The number of hydrogen-bond acceptors (Lipinski definition) is 4. The van der Waals surface area contributed by atoms with Crippen molar-refractivity contribution in [3.05, 3.63) is 11.2 Å². The Labute approximate surface area is 108 Å². The monoisotopic (exact) mass is 256 g/mol. The molecule has 1 rings (SSSR count). The maximum absolute atomic E-state index is 6.16. The number of nitrogens with zero attached hydrogens (tertiary/aromatic N) is 3. The topological polar surface area (TPSA) is 41.1 Å². The van der Waals surface area contributed by atoms with Gasteiger partial charge in [0, 0.05) is 19.6 Å². The van der Waals surface area contributed by atoms with Gasteiger partial charge in [-0.25, -0.2) is 4.98 Å². The van der Waals surface area contributed by atoms with E-state index in [0.717, 1.165) is 25.5 Å². The van der Waals surface area contributed by atoms with Crippen LogP contribution in [0.5, 0.6) is 0 Å². The van der Waals surface area contributed by atoms with Crippen molar-refractivity contribution in [1.82, 2.24) is 9.97 Å². The quantitative estimate of drug-likeness (QED) is 0.850. The van der Waals surface area contributed by atoms with Crippen LogP contribution in [0.2, 0.25) is 5.02 Å². The molecule has 96 valence electrons. The maximum atomic E-state index is 6.16. The SMILES string of the molecule is CCNc1ncc(Cl)c(N(CC)CC(C)C)n1. The average molecular weight is 257 g/mol. The van der Waals surface area contributed by atoms with Crippen LogP contribution in [0.3, 0.4) is 0 Å². The lowest BCUT2D eigenvalue weighted by atomic mass is 10.2. The third-order valence-electron chi connectivity index (χ3n) is 2.33. The molecule has 0 spiro atoms. The van der Waals surface area contributed by atoms with Crippen molar-refractivity contribution in [2.45, 2.75) is 27.7 Å². The van der Waals surface area contributed by atoms with Gasteiger partial charge in [0.25, 0.3) is 0 Å². The van der Waals surface area contributed by atoms with Crippen LogP contribution in [0.15, 0.2) is 6.20 Å². The predicted octanol–water partition coefficient (Wildman–Crippen LogP) is 3.04. The van der Waals surface area contributed by atoms with Crippen LogP contribution in [0.1, 0.15) is 27.7 Å². The van der Waals surface area contributed by atoms with Gasteiger partial charge in [0.15, 0.2) is 5.82 Å². The summed E-state index contributed by atoms with van der Waals surface area (Å²) in [5.41, 5.74) is 0. The molecule has 0 unspecified atom stereocenters. The van der Waals surface area contributed by atoms with E-state index in [0.29, 0.717) is 16.9 Å². The van der Waals surface area contributed by atoms with E-state index in [1.165, 1.54) is 0 Å². The van der Waals surface area contributed by atoms with Crippen molar-refractivity contribution < 1.29 is 0 Å². The maximum Gasteiger partial charge on any atom is 0.224 e. The second kappa shape index (κ2) is 6.64. The summed E-state index contributed by atoms with van der Waals surface area (Å²) in [6, 6.07) is 0. The van der Waals surface area contributed by atoms with E-state index >= 15 is 0 Å². The highest BCUT2D eigenvalue weighted by Crippen LogP contribution is 2.24. The highest BCUT2D eigenvalue weighted by Gasteiger charge is 2.13. The Morgan fingerprint density at radius 3 is 2.65 bits per heavy atom. The number of hydrogen-bond donors (Lipinski definition) is 1. The van der Waals surface area contributed by atoms with Gasteiger partial charge in [0.05, 0.1) is 6.20 Å². The molecule has 0 aliphatic carbocycles. The number of aromatic nitrogens is 2. The first-order valence-electron chi connectivity index (χ1n) is 6.09. The van der Waals surface area contributed by atoms with Gasteiger partial charge in [-0.2, -0.15) is 4.98 Å². The standard InChI is InChI=1S/C12H21ClN4/c1-5-14-12-15-7-10(13)11(16-12)17(6-2)8-9(3)4/h7,9H,5-6,8H2,1-4H3,(H,14,15,16). The van der Waals surface area contributed by atoms with Gasteiger partial charge < -0.3 is 10.2 Å². The third-order valence-corrected chi connectivity index (χ3v) is 2.59. The van der Waals surface area contributed by atoms with Gasteiger partial charge in [-0.3, -0.25) is 0 Å². The molecule has 1 aromatic heterocycles. The molecule has 0 amide bonds. The van der Waals surface area contributed by atoms with Crippen molar-refractivity contribution >= 4 is 23.4 Å². The van der Waals surface area contributed by atoms with E-state index in [1.54, 1.807) is 6.20 Å². The number of anilines is 2. The summed E-state index contributed by atoms with van der Waals surface area (Å²) in [7, 11) is 0. The molecule has 1 N–H and O–H groups in total. The van der Waals surface area contributed by atoms with Crippen LogP contribution < -0.4 is 10.2 Å². The van der Waals surface area contributed by atoms with Crippen molar-refractivity contribution in [2.75, 3.05) is 29.9 Å². The highest BCUT2D eigenvalue weighted by molar-refractivity contribution is 6.32. The largest absolute Gasteiger partial charge is 0.355 e. The smallest absolute Gasteiger partial charge is 0.224 e. The highest BCUT2D eigenvalue weighted by atomic mass is 35.5. The molecule has 0 saturated heterocycles. The molecule has 1 heterocycles. The van der Waals surface area contributed by atoms with E-state index in [-0.39, 0.29) is 0 Å². The predicted molar refractivity (Wildman–Crippen MR) is 73.9 cm³/mol. The van der Waals surface area contributed by atoms with Crippen LogP contribution >= 0.6 is 11.6 Å². The van der Waals surface area contributed by atoms with Crippen molar-refractivity contribution in [2.24, 2.45) is 5.92 Å². The van der Waals surface area contributed by atoms with E-state index in [4.69, 9.17) is 11.6 Å². The summed E-state index contributed by atoms with van der Waals surface area (Å²) >= 11 is 6.16. The second-order valence-corrected chi connectivity index (χ2v) is 4.74. The summed E-state index contributed by atoms with van der Waals surface area (Å²) in [4.78, 5) is 10.8. The van der Waals surface area contributed by atoms with Gasteiger partial charge in [-0.05, 0) is 19.8 Å². The summed E-state index contributed by atoms with van der Waals surface area (Å²) in [5.74, 6) is 2.02. The van der Waals surface area contributed by atoms with Gasteiger partial charge >= 0.3 is 0 Å². The molecule has 17 heavy (non-hydrogen) atoms. The average Bonchev–Trinajstić information content (AvgIpc) is 2.29. The van der Waals surface area contributed by atoms with Crippen molar-refractivity contribution in [1.29, 1.82) is 0 Å². The zero-order chi connectivity index (χ0) is 12.8. The molecule has 1 aromatic rings. The van der Waals surface area contributed by atoms with Gasteiger partial charge in [-0.15, -0.1) is 0 Å². The van der Waals surface area contributed by atoms with E-state index in [9.17, 15) is 0 Å². The van der Waals surface area contributed by atoms with Crippen LogP contribution in [0.25, 0.3) is 0 Å². The van der Waals surface area contributed by atoms with Crippen LogP contribution in [0, 0.1) is 5.92 Å². The first-order valence-corrected chi connectivity index (χ1v) is 6.47. The summed E-state index contributed by atoms with van der Waals surface area (Å²) in [6.07, 6.45) is 1.66. The lowest BCUT2D eigenvalue weighted by Gasteiger charge is -2.25. The molecular weight excluding hydrogens is 236 g/mol. The van der Waals surface area contributed by atoms with E-state index in [2.05, 4.69) is 41.0 Å². The molecule has 0 aromatic carbocycles. The molecule has 0 aliphatic heterocycles. The van der Waals surface area contributed by atoms with Crippen molar-refractivity contribution in [3.63, 3.8) is 0 Å². The fourth-order valence-corrected chi connectivity index (χ4v) is 1.84. The van der Waals surface area contributed by atoms with Crippen molar-refractivity contribution in [3.8, 4) is 0 Å². The Morgan fingerprint density at radius 1 is 1.41 bits per heavy atom. The minimum absolute atomic E-state index is 0.573. The first kappa shape index (κ1) is 14.0. The lowest BCUT2D eigenvalue weighted by Crippen LogP contribution is -2.28. The molecule has 0 radical (unpaired) electrons. The summed E-state index contributed by atoms with van der Waals surface area (Å²) in [5, 5.41) is 3.71. The normalized spacial score (nSPS) is 10.7. The molecule has 0 saturated carbocycles. The Bertz CT molecular complexity index is 354. The van der Waals surface area contributed by atoms with E-state index < -0.39 is 0 Å². The minimum Gasteiger partial charge on any atom is -0.355 e. The lowest BCUT2D eigenvalue weighted by molar-refractivity contribution is 0.614. The Balaban J connectivity index is 2.95. The van der Waals surface area contributed by atoms with E-state index in [1.807, 2.05) is 6.92 Å². The number of rotatable bonds is 6. The van der Waals surface area contributed by atoms with Crippen LogP contribution in [-0.4, -0.2) is 29.6 Å². The van der Waals surface area contributed by atoms with Crippen LogP contribution in [-0.2, 0) is 0 Å². The minimum atomic E-state index is 0.573. The number of nitrogens with one attached hydrogen (secondary N) is 1. The molecule has 0 bridgehead atoms. The van der Waals surface area contributed by atoms with Gasteiger partial charge in [0.2, 0.25) is 5.95 Å². The first-order chi connectivity index (χ1) is 8.08. The molecular formula is C12H21ClN4. The fraction of sp³-hybridized carbons (Fsp3) is 0.667. The van der Waals surface area contributed by atoms with Crippen LogP contribution in [0.4, 0.5) is 11.8 Å². The summed E-state index contributed by atoms with van der Waals surface area (Å²) < 4.78 is 0. The third kappa shape index (κ3) is 4.04. The van der Waals surface area contributed by atoms with Gasteiger partial charge in [-0.1, -0.05) is 25.4 Å². The second-order valence-electron chi connectivity index (χ2n) is 4.33. The Morgan fingerprint density at radius 2 is 2.12 bits per heavy atom.